The molecule has 0 spiro atoms. The Morgan fingerprint density at radius 2 is 1.29 bits per heavy atom. The second-order valence-corrected chi connectivity index (χ2v) is 0. The summed E-state index contributed by atoms with van der Waals surface area (Å²) in [6, 6.07) is 0. The van der Waals surface area contributed by atoms with Gasteiger partial charge < -0.3 is 1.43 Å². The maximum absolute atomic E-state index is 5.44. The predicted molar refractivity (Wildman–Crippen MR) is 53.6 cm³/mol. The van der Waals surface area contributed by atoms with E-state index in [2.05, 4.69) is 13.4 Å². The molecule has 0 saturated heterocycles. The molecule has 0 aromatic rings. The quantitative estimate of drug-likeness (QED) is 0.474. The second-order valence-electron chi connectivity index (χ2n) is 0. The third-order valence-electron chi connectivity index (χ3n) is 0. The summed E-state index contributed by atoms with van der Waals surface area (Å²) in [4.78, 5) is 0. The Balaban J connectivity index is -0.000000000692. The Kier molecular flexibility index (Phi) is 325. The van der Waals surface area contributed by atoms with E-state index >= 15 is 0 Å². The molecule has 0 amide bonds. The second kappa shape index (κ2) is 98.8. The number of hydrogen-bond acceptors (Lipinski definition) is 0. The average molecular weight is 163 g/mol. The van der Waals surface area contributed by atoms with Gasteiger partial charge in [0.25, 0.3) is 0 Å². The zero-order chi connectivity index (χ0) is 6.00. The molecule has 0 aromatic carbocycles. The van der Waals surface area contributed by atoms with Crippen molar-refractivity contribution in [3.8, 4) is 0 Å². The molecule has 0 rings (SSSR count). The van der Waals surface area contributed by atoms with Crippen LogP contribution in [0, 0.1) is 0 Å². The van der Waals surface area contributed by atoms with Crippen LogP contribution in [-0.2, 0) is 0 Å². The fraction of sp³-hybridized carbons (Fsp3) is 1.00. The smallest absolute Gasteiger partial charge is 1.00 e. The Labute approximate surface area is 110 Å². The molecular weight excluding hydrogens is 131 g/mol. The first-order chi connectivity index (χ1) is 3.00. The first-order valence-electron chi connectivity index (χ1n) is 2.45. The zero-order valence-electron chi connectivity index (χ0n) is 7.45. The van der Waals surface area contributed by atoms with E-state index in [9.17, 15) is 0 Å². The van der Waals surface area contributed by atoms with E-state index in [0.717, 1.165) is 0 Å². The van der Waals surface area contributed by atoms with Crippen LogP contribution in [0.3, 0.4) is 0 Å². The fourth-order valence-corrected chi connectivity index (χ4v) is 0. The van der Waals surface area contributed by atoms with Crippen LogP contribution in [0.25, 0.3) is 0 Å². The maximum atomic E-state index is 5.44. The van der Waals surface area contributed by atoms with Crippen molar-refractivity contribution in [2.24, 2.45) is 0 Å². The van der Waals surface area contributed by atoms with Crippen LogP contribution < -0.4 is 51.4 Å². The first kappa shape index (κ1) is 23.1. The molecule has 0 nitrogen and oxygen atoms in total. The molecule has 0 atom stereocenters. The van der Waals surface area contributed by atoms with Crippen molar-refractivity contribution in [3.05, 3.63) is 0 Å². The van der Waals surface area contributed by atoms with Crippen molar-refractivity contribution in [3.63, 3.8) is 0 Å². The van der Waals surface area contributed by atoms with Crippen LogP contribution in [0.2, 0.25) is 0 Å². The van der Waals surface area contributed by atoms with Crippen molar-refractivity contribution in [1.82, 2.24) is 0 Å². The monoisotopic (exact) mass is 163 g/mol. The van der Waals surface area contributed by atoms with Gasteiger partial charge in [-0.3, -0.25) is 0 Å². The van der Waals surface area contributed by atoms with Crippen LogP contribution in [0.4, 0.5) is 0 Å². The standard InChI is InChI=1S/2C2H6.CH4.K.H2S.6H2.H/c2*1-2;;;;;;;;;;/h2*1-2H3;1H4;;1H2;6*1H;/q;;;+1;;;;;;;;-1/i/hD. The van der Waals surface area contributed by atoms with Gasteiger partial charge in [0.2, 0.25) is 0 Å². The minimum atomic E-state index is 0. The van der Waals surface area contributed by atoms with Gasteiger partial charge in [0.05, 0.1) is 1.12 Å². The van der Waals surface area contributed by atoms with E-state index in [1.165, 1.54) is 0 Å². The van der Waals surface area contributed by atoms with Crippen LogP contribution in [-0.4, -0.2) is 1.12 Å². The Morgan fingerprint density at radius 3 is 1.29 bits per heavy atom. The van der Waals surface area contributed by atoms with Crippen molar-refractivity contribution in [1.29, 1.82) is 1.12 Å². The van der Waals surface area contributed by atoms with E-state index in [-0.39, 0.29) is 68.8 Å². The Bertz CT molecular complexity index is 23.0. The molecule has 0 N–H and O–H groups in total. The third kappa shape index (κ3) is 72.5. The van der Waals surface area contributed by atoms with Crippen LogP contribution in [0.5, 0.6) is 0 Å². The van der Waals surface area contributed by atoms with Gasteiger partial charge in [0.15, 0.2) is 0 Å². The van der Waals surface area contributed by atoms with Gasteiger partial charge in [-0.05, 0) is 0 Å². The maximum Gasteiger partial charge on any atom is 1.00 e. The topological polar surface area (TPSA) is 0 Å². The van der Waals surface area contributed by atoms with E-state index in [0.29, 0.717) is 0 Å². The van der Waals surface area contributed by atoms with Gasteiger partial charge in [-0.25, -0.2) is 0 Å². The summed E-state index contributed by atoms with van der Waals surface area (Å²) in [6.07, 6.45) is 0. The van der Waals surface area contributed by atoms with Gasteiger partial charge in [-0.15, -0.1) is 0 Å². The third-order valence-corrected chi connectivity index (χ3v) is 0. The molecule has 0 fully saturated rings. The van der Waals surface area contributed by atoms with E-state index < -0.39 is 0 Å². The van der Waals surface area contributed by atoms with Crippen LogP contribution >= 0.6 is 13.4 Å². The van der Waals surface area contributed by atoms with Crippen LogP contribution in [0.1, 0.15) is 45.1 Å². The summed E-state index contributed by atoms with van der Waals surface area (Å²) in [5.74, 6) is 0. The van der Waals surface area contributed by atoms with Crippen molar-refractivity contribution in [2.75, 3.05) is 0 Å². The van der Waals surface area contributed by atoms with Gasteiger partial charge in [-0.1, -0.05) is 35.1 Å². The predicted octanol–water partition coefficient (Wildman–Crippen LogP) is 1.39. The molecule has 0 aliphatic carbocycles. The van der Waals surface area contributed by atoms with E-state index in [1.807, 2.05) is 27.7 Å². The molecule has 0 unspecified atom stereocenters. The average Bonchev–Trinajstić information content (AvgIpc) is 1.81. The molecule has 7 heavy (non-hydrogen) atoms. The molecule has 0 aromatic heterocycles. The summed E-state index contributed by atoms with van der Waals surface area (Å²) in [5, 5.41) is 0. The van der Waals surface area contributed by atoms with Gasteiger partial charge in [0, 0.05) is 8.56 Å². The molecular formula is C5H31KS. The first-order valence-corrected chi connectivity index (χ1v) is 2.00. The van der Waals surface area contributed by atoms with Gasteiger partial charge >= 0.3 is 51.4 Å². The number of rotatable bonds is 0. The molecule has 0 bridgehead atoms. The Hall–Kier alpha value is 1.99. The normalized spacial score (nSPS) is 2.71. The SMILES string of the molecule is C.CC.CC.[2H]S.[H-].[HH].[HH].[HH].[HH].[HH].[HH].[K+]. The fourth-order valence-electron chi connectivity index (χ4n) is 0. The minimum absolute atomic E-state index is 0. The molecule has 58 valence electrons. The Morgan fingerprint density at radius 1 is 1.29 bits per heavy atom. The van der Waals surface area contributed by atoms with Gasteiger partial charge in [-0.2, -0.15) is 13.4 Å². The van der Waals surface area contributed by atoms with Crippen LogP contribution in [0.15, 0.2) is 0 Å². The molecule has 0 radical (unpaired) electrons. The minimum Gasteiger partial charge on any atom is -1.00 e. The van der Waals surface area contributed by atoms with Crippen molar-refractivity contribution >= 4 is 13.4 Å². The van der Waals surface area contributed by atoms with Crippen molar-refractivity contribution < 1.29 is 61.4 Å². The summed E-state index contributed by atoms with van der Waals surface area (Å²) >= 11 is 2.78. The number of hydrogen-bond donors (Lipinski definition) is 0. The molecule has 0 aliphatic heterocycles. The molecule has 0 saturated carbocycles. The summed E-state index contributed by atoms with van der Waals surface area (Å²) in [5.41, 5.74) is 0. The summed E-state index contributed by atoms with van der Waals surface area (Å²) < 4.78 is 5.44. The van der Waals surface area contributed by atoms with Gasteiger partial charge in [0.1, 0.15) is 0 Å². The summed E-state index contributed by atoms with van der Waals surface area (Å²) in [6.45, 7) is 8.00. The largest absolute Gasteiger partial charge is 1.00 e. The molecule has 0 heterocycles. The van der Waals surface area contributed by atoms with Crippen molar-refractivity contribution in [2.45, 2.75) is 35.1 Å². The van der Waals surface area contributed by atoms with E-state index in [1.54, 1.807) is 0 Å². The van der Waals surface area contributed by atoms with E-state index in [4.69, 9.17) is 1.12 Å². The summed E-state index contributed by atoms with van der Waals surface area (Å²) in [7, 11) is 0. The zero-order valence-corrected chi connectivity index (χ0v) is 9.46. The molecule has 2 heteroatoms. The molecule has 0 aliphatic rings.